The van der Waals surface area contributed by atoms with Gasteiger partial charge in [-0.1, -0.05) is 36.4 Å². The van der Waals surface area contributed by atoms with Crippen molar-refractivity contribution in [2.75, 3.05) is 5.32 Å². The molecule has 1 amide bonds. The predicted octanol–water partition coefficient (Wildman–Crippen LogP) is 4.64. The number of benzene rings is 3. The van der Waals surface area contributed by atoms with Crippen LogP contribution in [0.1, 0.15) is 6.42 Å². The highest BCUT2D eigenvalue weighted by atomic mass is 16.1. The molecule has 0 aliphatic heterocycles. The van der Waals surface area contributed by atoms with E-state index in [1.165, 1.54) is 10.8 Å². The smallest absolute Gasteiger partial charge is 0.238 e. The number of aromatic nitrogens is 1. The summed E-state index contributed by atoms with van der Waals surface area (Å²) in [4.78, 5) is 11.5. The molecule has 0 spiro atoms. The van der Waals surface area contributed by atoms with Gasteiger partial charge in [-0.3, -0.25) is 4.79 Å². The van der Waals surface area contributed by atoms with Crippen molar-refractivity contribution in [3.05, 3.63) is 72.8 Å². The molecule has 0 unspecified atom stereocenters. The van der Waals surface area contributed by atoms with Gasteiger partial charge in [-0.05, 0) is 36.4 Å². The minimum Gasteiger partial charge on any atom is -0.325 e. The largest absolute Gasteiger partial charge is 0.325 e. The van der Waals surface area contributed by atoms with Crippen LogP contribution in [0.3, 0.4) is 0 Å². The van der Waals surface area contributed by atoms with E-state index < -0.39 is 0 Å². The summed E-state index contributed by atoms with van der Waals surface area (Å²) in [5.41, 5.74) is 4.00. The molecule has 0 saturated heterocycles. The lowest BCUT2D eigenvalue weighted by Crippen LogP contribution is -2.10. The highest BCUT2D eigenvalue weighted by molar-refractivity contribution is 6.09. The highest BCUT2D eigenvalue weighted by Crippen LogP contribution is 2.31. The number of nitriles is 1. The number of carbonyl (C=O) groups excluding carboxylic acids is 1. The molecule has 1 N–H and O–H groups in total. The van der Waals surface area contributed by atoms with E-state index in [0.29, 0.717) is 5.69 Å². The first kappa shape index (κ1) is 15.0. The average molecular weight is 325 g/mol. The molecule has 0 aliphatic carbocycles. The van der Waals surface area contributed by atoms with Crippen LogP contribution in [0.4, 0.5) is 5.69 Å². The lowest BCUT2D eigenvalue weighted by atomic mass is 10.2. The van der Waals surface area contributed by atoms with Gasteiger partial charge in [-0.2, -0.15) is 5.26 Å². The maximum atomic E-state index is 11.5. The Morgan fingerprint density at radius 2 is 1.44 bits per heavy atom. The maximum absolute atomic E-state index is 11.5. The van der Waals surface area contributed by atoms with Gasteiger partial charge in [-0.15, -0.1) is 0 Å². The van der Waals surface area contributed by atoms with Crippen LogP contribution >= 0.6 is 0 Å². The minimum atomic E-state index is -0.299. The lowest BCUT2D eigenvalue weighted by molar-refractivity contribution is -0.115. The van der Waals surface area contributed by atoms with Gasteiger partial charge >= 0.3 is 0 Å². The first-order chi connectivity index (χ1) is 12.3. The molecule has 1 aromatic heterocycles. The molecule has 0 radical (unpaired) electrons. The number of hydrogen-bond donors (Lipinski definition) is 1. The summed E-state index contributed by atoms with van der Waals surface area (Å²) >= 11 is 0. The number of carbonyl (C=O) groups is 1. The fourth-order valence-electron chi connectivity index (χ4n) is 3.17. The highest BCUT2D eigenvalue weighted by Gasteiger charge is 2.11. The Hall–Kier alpha value is -3.58. The molecule has 0 saturated carbocycles. The Morgan fingerprint density at radius 1 is 0.880 bits per heavy atom. The summed E-state index contributed by atoms with van der Waals surface area (Å²) < 4.78 is 2.21. The fraction of sp³-hybridized carbons (Fsp3) is 0.0476. The van der Waals surface area contributed by atoms with Crippen LogP contribution in [0, 0.1) is 11.3 Å². The quantitative estimate of drug-likeness (QED) is 0.597. The Morgan fingerprint density at radius 3 is 2.00 bits per heavy atom. The second kappa shape index (κ2) is 6.14. The maximum Gasteiger partial charge on any atom is 0.238 e. The van der Waals surface area contributed by atoms with Crippen molar-refractivity contribution in [2.24, 2.45) is 0 Å². The van der Waals surface area contributed by atoms with Crippen LogP contribution in [-0.4, -0.2) is 10.5 Å². The first-order valence-electron chi connectivity index (χ1n) is 8.03. The summed E-state index contributed by atoms with van der Waals surface area (Å²) in [6.07, 6.45) is -0.144. The third kappa shape index (κ3) is 2.62. The van der Waals surface area contributed by atoms with Crippen LogP contribution in [0.5, 0.6) is 0 Å². The third-order valence-corrected chi connectivity index (χ3v) is 4.23. The van der Waals surface area contributed by atoms with E-state index in [2.05, 4.69) is 34.1 Å². The average Bonchev–Trinajstić information content (AvgIpc) is 2.97. The zero-order valence-corrected chi connectivity index (χ0v) is 13.4. The second-order valence-corrected chi connectivity index (χ2v) is 5.80. The van der Waals surface area contributed by atoms with Crippen molar-refractivity contribution in [1.82, 2.24) is 4.57 Å². The molecule has 0 aliphatic rings. The van der Waals surface area contributed by atoms with Crippen molar-refractivity contribution >= 4 is 33.4 Å². The number of fused-ring (bicyclic) bond motifs is 3. The van der Waals surface area contributed by atoms with E-state index in [9.17, 15) is 4.79 Å². The number of nitrogens with zero attached hydrogens (tertiary/aromatic N) is 2. The lowest BCUT2D eigenvalue weighted by Gasteiger charge is -2.09. The monoisotopic (exact) mass is 325 g/mol. The predicted molar refractivity (Wildman–Crippen MR) is 99.6 cm³/mol. The van der Waals surface area contributed by atoms with Gasteiger partial charge < -0.3 is 9.88 Å². The number of hydrogen-bond acceptors (Lipinski definition) is 2. The molecule has 120 valence electrons. The van der Waals surface area contributed by atoms with Crippen LogP contribution in [0.2, 0.25) is 0 Å². The normalized spacial score (nSPS) is 10.7. The summed E-state index contributed by atoms with van der Waals surface area (Å²) in [5.74, 6) is -0.299. The topological polar surface area (TPSA) is 57.8 Å². The number of anilines is 1. The minimum absolute atomic E-state index is 0.144. The van der Waals surface area contributed by atoms with Gasteiger partial charge in [0, 0.05) is 22.1 Å². The van der Waals surface area contributed by atoms with E-state index >= 15 is 0 Å². The molecular formula is C21H15N3O. The molecular weight excluding hydrogens is 310 g/mol. The van der Waals surface area contributed by atoms with Crippen molar-refractivity contribution in [1.29, 1.82) is 5.26 Å². The number of para-hydroxylation sites is 2. The Labute approximate surface area is 144 Å². The molecule has 25 heavy (non-hydrogen) atoms. The number of amides is 1. The van der Waals surface area contributed by atoms with Gasteiger partial charge in [0.15, 0.2) is 0 Å². The van der Waals surface area contributed by atoms with Gasteiger partial charge in [0.05, 0.1) is 17.1 Å². The van der Waals surface area contributed by atoms with Crippen LogP contribution in [-0.2, 0) is 4.79 Å². The molecule has 4 nitrogen and oxygen atoms in total. The van der Waals surface area contributed by atoms with Crippen molar-refractivity contribution in [3.8, 4) is 11.8 Å². The molecule has 3 aromatic carbocycles. The van der Waals surface area contributed by atoms with Crippen LogP contribution < -0.4 is 5.32 Å². The Kier molecular flexibility index (Phi) is 3.68. The molecule has 4 rings (SSSR count). The second-order valence-electron chi connectivity index (χ2n) is 5.80. The third-order valence-electron chi connectivity index (χ3n) is 4.23. The SMILES string of the molecule is N#CCC(=O)Nc1ccc(-n2c3ccccc3c3ccccc32)cc1. The first-order valence-corrected chi connectivity index (χ1v) is 8.03. The Bertz CT molecular complexity index is 1060. The van der Waals surface area contributed by atoms with Crippen molar-refractivity contribution in [2.45, 2.75) is 6.42 Å². The number of nitrogens with one attached hydrogen (secondary N) is 1. The molecule has 1 heterocycles. The fourth-order valence-corrected chi connectivity index (χ4v) is 3.17. The summed E-state index contributed by atoms with van der Waals surface area (Å²) in [6.45, 7) is 0. The zero-order chi connectivity index (χ0) is 17.2. The summed E-state index contributed by atoms with van der Waals surface area (Å²) in [7, 11) is 0. The summed E-state index contributed by atoms with van der Waals surface area (Å²) in [6, 6.07) is 26.1. The van der Waals surface area contributed by atoms with Crippen molar-refractivity contribution < 1.29 is 4.79 Å². The van der Waals surface area contributed by atoms with Gasteiger partial charge in [-0.25, -0.2) is 0 Å². The van der Waals surface area contributed by atoms with E-state index in [-0.39, 0.29) is 12.3 Å². The van der Waals surface area contributed by atoms with E-state index in [1.807, 2.05) is 54.6 Å². The molecule has 4 heteroatoms. The van der Waals surface area contributed by atoms with Gasteiger partial charge in [0.2, 0.25) is 5.91 Å². The van der Waals surface area contributed by atoms with Crippen molar-refractivity contribution in [3.63, 3.8) is 0 Å². The molecule has 0 atom stereocenters. The summed E-state index contributed by atoms with van der Waals surface area (Å²) in [5, 5.41) is 13.7. The zero-order valence-electron chi connectivity index (χ0n) is 13.4. The molecule has 4 aromatic rings. The van der Waals surface area contributed by atoms with E-state index in [0.717, 1.165) is 16.7 Å². The Balaban J connectivity index is 1.81. The van der Waals surface area contributed by atoms with Gasteiger partial charge in [0.25, 0.3) is 0 Å². The van der Waals surface area contributed by atoms with Crippen LogP contribution in [0.15, 0.2) is 72.8 Å². The molecule has 0 fully saturated rings. The number of rotatable bonds is 3. The van der Waals surface area contributed by atoms with E-state index in [1.54, 1.807) is 0 Å². The van der Waals surface area contributed by atoms with Crippen LogP contribution in [0.25, 0.3) is 27.5 Å². The standard InChI is InChI=1S/C21H15N3O/c22-14-13-21(25)23-15-9-11-16(12-10-15)24-19-7-3-1-5-17(19)18-6-2-4-8-20(18)24/h1-12H,13H2,(H,23,25). The molecule has 0 bridgehead atoms. The van der Waals surface area contributed by atoms with E-state index in [4.69, 9.17) is 5.26 Å². The van der Waals surface area contributed by atoms with Gasteiger partial charge in [0.1, 0.15) is 6.42 Å².